The predicted octanol–water partition coefficient (Wildman–Crippen LogP) is 1.19. The minimum atomic E-state index is -3.70. The number of imidazole rings is 1. The van der Waals surface area contributed by atoms with Crippen LogP contribution in [0.5, 0.6) is 0 Å². The van der Waals surface area contributed by atoms with Gasteiger partial charge in [-0.25, -0.2) is 28.1 Å². The van der Waals surface area contributed by atoms with Gasteiger partial charge >= 0.3 is 0 Å². The van der Waals surface area contributed by atoms with Crippen LogP contribution in [0.3, 0.4) is 0 Å². The number of nitrogens with one attached hydrogen (secondary N) is 1. The Morgan fingerprint density at radius 2 is 1.92 bits per heavy atom. The predicted molar refractivity (Wildman–Crippen MR) is 92.4 cm³/mol. The molecule has 0 aliphatic carbocycles. The summed E-state index contributed by atoms with van der Waals surface area (Å²) in [4.78, 5) is 14.6. The Morgan fingerprint density at radius 1 is 1.25 bits per heavy atom. The average molecular weight is 352 g/mol. The molecule has 0 aliphatic rings. The van der Waals surface area contributed by atoms with E-state index in [2.05, 4.69) is 19.7 Å². The van der Waals surface area contributed by atoms with Crippen molar-refractivity contribution in [3.63, 3.8) is 0 Å². The summed E-state index contributed by atoms with van der Waals surface area (Å²) in [5, 5.41) is 0.0207. The standard InChI is InChI=1S/C15H24N6O2S/c1-10(2)14-19-13(9-21(14)6)24(22,23)16-8-12-7-11(3)17-15(18-12)20(4)5/h7,9-10,16H,8H2,1-6H3. The fraction of sp³-hybridized carbons (Fsp3) is 0.533. The molecule has 24 heavy (non-hydrogen) atoms. The first-order valence-corrected chi connectivity index (χ1v) is 9.13. The number of rotatable bonds is 6. The fourth-order valence-corrected chi connectivity index (χ4v) is 3.26. The van der Waals surface area contributed by atoms with Crippen LogP contribution in [0.1, 0.15) is 37.0 Å². The van der Waals surface area contributed by atoms with Crippen LogP contribution in [0.25, 0.3) is 0 Å². The van der Waals surface area contributed by atoms with Gasteiger partial charge < -0.3 is 9.47 Å². The molecule has 0 saturated heterocycles. The van der Waals surface area contributed by atoms with E-state index in [1.165, 1.54) is 6.20 Å². The highest BCUT2D eigenvalue weighted by atomic mass is 32.2. The highest BCUT2D eigenvalue weighted by Gasteiger charge is 2.20. The monoisotopic (exact) mass is 352 g/mol. The van der Waals surface area contributed by atoms with Crippen molar-refractivity contribution in [2.24, 2.45) is 7.05 Å². The zero-order valence-electron chi connectivity index (χ0n) is 14.9. The molecular weight excluding hydrogens is 328 g/mol. The number of hydrogen-bond acceptors (Lipinski definition) is 6. The fourth-order valence-electron chi connectivity index (χ4n) is 2.27. The SMILES string of the molecule is Cc1cc(CNS(=O)(=O)c2cn(C)c(C(C)C)n2)nc(N(C)C)n1. The van der Waals surface area contributed by atoms with Crippen LogP contribution in [0.2, 0.25) is 0 Å². The third kappa shape index (κ3) is 4.09. The van der Waals surface area contributed by atoms with E-state index in [-0.39, 0.29) is 17.5 Å². The van der Waals surface area contributed by atoms with Crippen molar-refractivity contribution in [3.05, 3.63) is 29.5 Å². The van der Waals surface area contributed by atoms with Gasteiger partial charge in [0.2, 0.25) is 5.95 Å². The molecule has 0 spiro atoms. The largest absolute Gasteiger partial charge is 0.347 e. The van der Waals surface area contributed by atoms with Crippen molar-refractivity contribution < 1.29 is 8.42 Å². The van der Waals surface area contributed by atoms with Crippen molar-refractivity contribution in [1.82, 2.24) is 24.2 Å². The maximum absolute atomic E-state index is 12.5. The van der Waals surface area contributed by atoms with E-state index in [0.717, 1.165) is 11.5 Å². The molecule has 0 saturated carbocycles. The van der Waals surface area contributed by atoms with Gasteiger partial charge in [-0.15, -0.1) is 0 Å². The first kappa shape index (κ1) is 18.3. The van der Waals surface area contributed by atoms with Gasteiger partial charge in [-0.3, -0.25) is 0 Å². The van der Waals surface area contributed by atoms with Crippen LogP contribution >= 0.6 is 0 Å². The first-order valence-electron chi connectivity index (χ1n) is 7.65. The van der Waals surface area contributed by atoms with Crippen LogP contribution in [-0.4, -0.2) is 42.0 Å². The lowest BCUT2D eigenvalue weighted by molar-refractivity contribution is 0.576. The number of sulfonamides is 1. The van der Waals surface area contributed by atoms with Crippen molar-refractivity contribution in [3.8, 4) is 0 Å². The van der Waals surface area contributed by atoms with Crippen LogP contribution < -0.4 is 9.62 Å². The molecule has 0 fully saturated rings. The van der Waals surface area contributed by atoms with E-state index in [1.807, 2.05) is 34.9 Å². The summed E-state index contributed by atoms with van der Waals surface area (Å²) in [5.41, 5.74) is 1.39. The summed E-state index contributed by atoms with van der Waals surface area (Å²) >= 11 is 0. The zero-order valence-corrected chi connectivity index (χ0v) is 15.7. The number of hydrogen-bond donors (Lipinski definition) is 1. The van der Waals surface area contributed by atoms with Gasteiger partial charge in [0, 0.05) is 39.0 Å². The number of anilines is 1. The summed E-state index contributed by atoms with van der Waals surface area (Å²) in [5.74, 6) is 1.42. The Balaban J connectivity index is 2.20. The quantitative estimate of drug-likeness (QED) is 0.839. The topological polar surface area (TPSA) is 93.0 Å². The van der Waals surface area contributed by atoms with Gasteiger partial charge in [-0.2, -0.15) is 0 Å². The molecule has 2 aromatic heterocycles. The molecule has 0 radical (unpaired) electrons. The maximum atomic E-state index is 12.5. The molecule has 0 atom stereocenters. The molecule has 0 unspecified atom stereocenters. The Morgan fingerprint density at radius 3 is 2.46 bits per heavy atom. The molecule has 2 heterocycles. The second-order valence-corrected chi connectivity index (χ2v) is 7.94. The Hall–Kier alpha value is -2.00. The molecule has 132 valence electrons. The molecule has 0 aliphatic heterocycles. The number of nitrogens with zero attached hydrogens (tertiary/aromatic N) is 5. The van der Waals surface area contributed by atoms with Crippen molar-refractivity contribution >= 4 is 16.0 Å². The zero-order chi connectivity index (χ0) is 18.1. The molecule has 2 aromatic rings. The van der Waals surface area contributed by atoms with Crippen molar-refractivity contribution in [1.29, 1.82) is 0 Å². The summed E-state index contributed by atoms with van der Waals surface area (Å²) in [7, 11) is 1.77. The Kier molecular flexibility index (Phi) is 5.24. The van der Waals surface area contributed by atoms with Crippen molar-refractivity contribution in [2.45, 2.75) is 38.3 Å². The molecule has 0 amide bonds. The molecule has 9 heteroatoms. The lowest BCUT2D eigenvalue weighted by atomic mass is 10.2. The lowest BCUT2D eigenvalue weighted by Crippen LogP contribution is -2.25. The summed E-state index contributed by atoms with van der Waals surface area (Å²) in [6.45, 7) is 5.87. The van der Waals surface area contributed by atoms with E-state index < -0.39 is 10.0 Å². The second kappa shape index (κ2) is 6.86. The summed E-state index contributed by atoms with van der Waals surface area (Å²) < 4.78 is 29.2. The third-order valence-electron chi connectivity index (χ3n) is 3.42. The van der Waals surface area contributed by atoms with E-state index in [4.69, 9.17) is 0 Å². The summed E-state index contributed by atoms with van der Waals surface area (Å²) in [6.07, 6.45) is 1.52. The minimum absolute atomic E-state index is 0.0207. The van der Waals surface area contributed by atoms with Crippen molar-refractivity contribution in [2.75, 3.05) is 19.0 Å². The number of aromatic nitrogens is 4. The Labute approximate surface area is 143 Å². The van der Waals surface area contributed by atoms with Gasteiger partial charge in [0.05, 0.1) is 12.2 Å². The summed E-state index contributed by atoms with van der Waals surface area (Å²) in [6, 6.07) is 1.76. The van der Waals surface area contributed by atoms with Crippen LogP contribution in [0.4, 0.5) is 5.95 Å². The van der Waals surface area contributed by atoms with Gasteiger partial charge in [0.1, 0.15) is 5.82 Å². The van der Waals surface area contributed by atoms with E-state index >= 15 is 0 Å². The average Bonchev–Trinajstić information content (AvgIpc) is 2.88. The highest BCUT2D eigenvalue weighted by Crippen LogP contribution is 2.16. The van der Waals surface area contributed by atoms with E-state index in [0.29, 0.717) is 11.6 Å². The van der Waals surface area contributed by atoms with Gasteiger partial charge in [0.25, 0.3) is 10.0 Å². The van der Waals surface area contributed by atoms with Crippen LogP contribution in [0.15, 0.2) is 17.3 Å². The normalized spacial score (nSPS) is 12.0. The molecule has 2 rings (SSSR count). The smallest absolute Gasteiger partial charge is 0.259 e. The van der Waals surface area contributed by atoms with Gasteiger partial charge in [-0.05, 0) is 13.0 Å². The highest BCUT2D eigenvalue weighted by molar-refractivity contribution is 7.89. The molecule has 0 aromatic carbocycles. The van der Waals surface area contributed by atoms with E-state index in [9.17, 15) is 8.42 Å². The second-order valence-electron chi connectivity index (χ2n) is 6.22. The third-order valence-corrected chi connectivity index (χ3v) is 4.69. The van der Waals surface area contributed by atoms with E-state index in [1.54, 1.807) is 22.6 Å². The van der Waals surface area contributed by atoms with Gasteiger partial charge in [-0.1, -0.05) is 13.8 Å². The number of aryl methyl sites for hydroxylation is 2. The minimum Gasteiger partial charge on any atom is -0.347 e. The van der Waals surface area contributed by atoms with Crippen LogP contribution in [-0.2, 0) is 23.6 Å². The Bertz CT molecular complexity index is 826. The molecule has 0 bridgehead atoms. The molecule has 8 nitrogen and oxygen atoms in total. The molecular formula is C15H24N6O2S. The maximum Gasteiger partial charge on any atom is 0.259 e. The van der Waals surface area contributed by atoms with Gasteiger partial charge in [0.15, 0.2) is 5.03 Å². The lowest BCUT2D eigenvalue weighted by Gasteiger charge is -2.12. The molecule has 1 N–H and O–H groups in total. The first-order chi connectivity index (χ1) is 11.1. The van der Waals surface area contributed by atoms with Crippen LogP contribution in [0, 0.1) is 6.92 Å².